The summed E-state index contributed by atoms with van der Waals surface area (Å²) in [6, 6.07) is 8.27. The third-order valence-electron chi connectivity index (χ3n) is 2.34. The fraction of sp³-hybridized carbons (Fsp3) is 0.167. The minimum atomic E-state index is 0.567. The number of hydrogen-bond donors (Lipinski definition) is 1. The third kappa shape index (κ3) is 1.39. The van der Waals surface area contributed by atoms with E-state index in [0.717, 1.165) is 11.1 Å². The summed E-state index contributed by atoms with van der Waals surface area (Å²) in [5, 5.41) is 1.21. The van der Waals surface area contributed by atoms with Crippen molar-refractivity contribution >= 4 is 10.9 Å². The van der Waals surface area contributed by atoms with E-state index in [1.165, 1.54) is 5.39 Å². The van der Waals surface area contributed by atoms with Crippen molar-refractivity contribution in [2.24, 2.45) is 5.73 Å². The molecule has 1 heterocycles. The summed E-state index contributed by atoms with van der Waals surface area (Å²) in [7, 11) is 0. The molecule has 0 aliphatic carbocycles. The van der Waals surface area contributed by atoms with Crippen LogP contribution in [0.2, 0.25) is 0 Å². The topological polar surface area (TPSA) is 30.9 Å². The van der Waals surface area contributed by atoms with Crippen molar-refractivity contribution in [2.45, 2.75) is 13.1 Å². The van der Waals surface area contributed by atoms with Gasteiger partial charge in [-0.05, 0) is 23.1 Å². The smallest absolute Gasteiger partial charge is 0.0834 e. The lowest BCUT2D eigenvalue weighted by Crippen LogP contribution is -1.97. The van der Waals surface area contributed by atoms with E-state index in [4.69, 9.17) is 12.2 Å². The van der Waals surface area contributed by atoms with E-state index >= 15 is 0 Å². The summed E-state index contributed by atoms with van der Waals surface area (Å²) in [5.41, 5.74) is 7.88. The SMILES string of the molecule is C#CCn1ccc2ccc(CN)cc21. The van der Waals surface area contributed by atoms with Gasteiger partial charge in [-0.25, -0.2) is 0 Å². The summed E-state index contributed by atoms with van der Waals surface area (Å²) in [6.07, 6.45) is 7.29. The van der Waals surface area contributed by atoms with Crippen LogP contribution in [-0.2, 0) is 13.1 Å². The first-order valence-corrected chi connectivity index (χ1v) is 4.56. The second-order valence-corrected chi connectivity index (χ2v) is 3.25. The van der Waals surface area contributed by atoms with E-state index < -0.39 is 0 Å². The standard InChI is InChI=1S/C12H12N2/c1-2-6-14-7-5-11-4-3-10(9-13)8-12(11)14/h1,3-5,7-8H,6,9,13H2. The lowest BCUT2D eigenvalue weighted by atomic mass is 10.2. The zero-order valence-electron chi connectivity index (χ0n) is 7.90. The van der Waals surface area contributed by atoms with Crippen molar-refractivity contribution in [3.63, 3.8) is 0 Å². The van der Waals surface area contributed by atoms with Gasteiger partial charge in [-0.2, -0.15) is 0 Å². The van der Waals surface area contributed by atoms with Crippen LogP contribution in [0.15, 0.2) is 30.5 Å². The van der Waals surface area contributed by atoms with Crippen LogP contribution in [0.4, 0.5) is 0 Å². The van der Waals surface area contributed by atoms with Gasteiger partial charge in [0.05, 0.1) is 6.54 Å². The Bertz CT molecular complexity index is 488. The molecule has 70 valence electrons. The lowest BCUT2D eigenvalue weighted by Gasteiger charge is -2.01. The number of nitrogens with zero attached hydrogens (tertiary/aromatic N) is 1. The zero-order chi connectivity index (χ0) is 9.97. The van der Waals surface area contributed by atoms with Crippen LogP contribution >= 0.6 is 0 Å². The first-order valence-electron chi connectivity index (χ1n) is 4.56. The fourth-order valence-electron chi connectivity index (χ4n) is 1.59. The molecule has 0 bridgehead atoms. The Kier molecular flexibility index (Phi) is 2.26. The monoisotopic (exact) mass is 184 g/mol. The number of aromatic nitrogens is 1. The molecule has 0 atom stereocenters. The van der Waals surface area contributed by atoms with Gasteiger partial charge < -0.3 is 10.3 Å². The van der Waals surface area contributed by atoms with Gasteiger partial charge in [-0.3, -0.25) is 0 Å². The Labute approximate surface area is 83.3 Å². The summed E-state index contributed by atoms with van der Waals surface area (Å²) in [5.74, 6) is 2.63. The molecule has 0 aliphatic rings. The molecule has 0 fully saturated rings. The maximum Gasteiger partial charge on any atom is 0.0834 e. The van der Waals surface area contributed by atoms with Gasteiger partial charge in [-0.15, -0.1) is 6.42 Å². The zero-order valence-corrected chi connectivity index (χ0v) is 7.90. The second-order valence-electron chi connectivity index (χ2n) is 3.25. The van der Waals surface area contributed by atoms with E-state index in [2.05, 4.69) is 28.7 Å². The van der Waals surface area contributed by atoms with Crippen molar-refractivity contribution in [3.05, 3.63) is 36.0 Å². The van der Waals surface area contributed by atoms with Crippen molar-refractivity contribution in [2.75, 3.05) is 0 Å². The van der Waals surface area contributed by atoms with Gasteiger partial charge in [0.25, 0.3) is 0 Å². The number of terminal acetylenes is 1. The van der Waals surface area contributed by atoms with Crippen LogP contribution < -0.4 is 5.73 Å². The fourth-order valence-corrected chi connectivity index (χ4v) is 1.59. The van der Waals surface area contributed by atoms with Crippen LogP contribution in [-0.4, -0.2) is 4.57 Å². The minimum absolute atomic E-state index is 0.567. The molecule has 2 N–H and O–H groups in total. The van der Waals surface area contributed by atoms with Crippen molar-refractivity contribution < 1.29 is 0 Å². The third-order valence-corrected chi connectivity index (χ3v) is 2.34. The first kappa shape index (κ1) is 8.86. The molecule has 0 spiro atoms. The summed E-state index contributed by atoms with van der Waals surface area (Å²) in [4.78, 5) is 0. The molecule has 0 radical (unpaired) electrons. The molecule has 2 aromatic rings. The molecule has 0 aliphatic heterocycles. The maximum absolute atomic E-state index is 5.58. The summed E-state index contributed by atoms with van der Waals surface area (Å²) in [6.45, 7) is 1.18. The molecule has 1 aromatic carbocycles. The molecule has 1 aromatic heterocycles. The van der Waals surface area contributed by atoms with Crippen molar-refractivity contribution in [1.29, 1.82) is 0 Å². The van der Waals surface area contributed by atoms with Gasteiger partial charge in [0, 0.05) is 18.3 Å². The van der Waals surface area contributed by atoms with Gasteiger partial charge in [-0.1, -0.05) is 18.1 Å². The Morgan fingerprint density at radius 2 is 2.21 bits per heavy atom. The molecule has 14 heavy (non-hydrogen) atoms. The Balaban J connectivity index is 2.59. The van der Waals surface area contributed by atoms with Crippen LogP contribution in [0.5, 0.6) is 0 Å². The molecule has 2 heteroatoms. The maximum atomic E-state index is 5.58. The van der Waals surface area contributed by atoms with Crippen molar-refractivity contribution in [3.8, 4) is 12.3 Å². The highest BCUT2D eigenvalue weighted by Gasteiger charge is 2.00. The molecule has 2 nitrogen and oxygen atoms in total. The average Bonchev–Trinajstić information content (AvgIpc) is 2.61. The van der Waals surface area contributed by atoms with Crippen LogP contribution in [0.25, 0.3) is 10.9 Å². The Morgan fingerprint density at radius 3 is 2.93 bits per heavy atom. The van der Waals surface area contributed by atoms with Gasteiger partial charge in [0.1, 0.15) is 0 Å². The Hall–Kier alpha value is -1.72. The van der Waals surface area contributed by atoms with E-state index in [9.17, 15) is 0 Å². The number of hydrogen-bond acceptors (Lipinski definition) is 1. The summed E-state index contributed by atoms with van der Waals surface area (Å²) < 4.78 is 2.05. The highest BCUT2D eigenvalue weighted by molar-refractivity contribution is 5.80. The molecule has 0 unspecified atom stereocenters. The van der Waals surface area contributed by atoms with Gasteiger partial charge in [0.15, 0.2) is 0 Å². The van der Waals surface area contributed by atoms with Crippen molar-refractivity contribution in [1.82, 2.24) is 4.57 Å². The predicted octanol–water partition coefficient (Wildman–Crippen LogP) is 1.73. The van der Waals surface area contributed by atoms with Crippen LogP contribution in [0, 0.1) is 12.3 Å². The van der Waals surface area contributed by atoms with Gasteiger partial charge in [0.2, 0.25) is 0 Å². The van der Waals surface area contributed by atoms with E-state index in [0.29, 0.717) is 13.1 Å². The number of nitrogens with two attached hydrogens (primary N) is 1. The average molecular weight is 184 g/mol. The summed E-state index contributed by atoms with van der Waals surface area (Å²) >= 11 is 0. The first-order chi connectivity index (χ1) is 6.85. The van der Waals surface area contributed by atoms with E-state index in [1.807, 2.05) is 12.3 Å². The molecule has 2 rings (SSSR count). The normalized spacial score (nSPS) is 10.3. The predicted molar refractivity (Wildman–Crippen MR) is 58.7 cm³/mol. The Morgan fingerprint density at radius 1 is 1.36 bits per heavy atom. The molecule has 0 saturated heterocycles. The number of benzene rings is 1. The quantitative estimate of drug-likeness (QED) is 0.708. The largest absolute Gasteiger partial charge is 0.336 e. The lowest BCUT2D eigenvalue weighted by molar-refractivity contribution is 0.885. The number of fused-ring (bicyclic) bond motifs is 1. The molecule has 0 amide bonds. The van der Waals surface area contributed by atoms with E-state index in [-0.39, 0.29) is 0 Å². The van der Waals surface area contributed by atoms with E-state index in [1.54, 1.807) is 0 Å². The van der Waals surface area contributed by atoms with Crippen LogP contribution in [0.3, 0.4) is 0 Å². The molecule has 0 saturated carbocycles. The van der Waals surface area contributed by atoms with Crippen LogP contribution in [0.1, 0.15) is 5.56 Å². The minimum Gasteiger partial charge on any atom is -0.336 e. The highest BCUT2D eigenvalue weighted by atomic mass is 14.9. The molecular weight excluding hydrogens is 172 g/mol. The van der Waals surface area contributed by atoms with Gasteiger partial charge >= 0.3 is 0 Å². The second kappa shape index (κ2) is 3.57. The highest BCUT2D eigenvalue weighted by Crippen LogP contribution is 2.17. The number of rotatable bonds is 2. The molecular formula is C12H12N2.